The monoisotopic (exact) mass is 250 g/mol. The van der Waals surface area contributed by atoms with Crippen molar-refractivity contribution in [2.24, 2.45) is 5.73 Å². The second-order valence-electron chi connectivity index (χ2n) is 3.26. The van der Waals surface area contributed by atoms with E-state index in [0.29, 0.717) is 0 Å². The van der Waals surface area contributed by atoms with Crippen LogP contribution in [0, 0.1) is 0 Å². The normalized spacial score (nSPS) is 20.3. The lowest BCUT2D eigenvalue weighted by Gasteiger charge is -2.20. The zero-order valence-electron chi connectivity index (χ0n) is 7.84. The van der Waals surface area contributed by atoms with E-state index in [-0.39, 0.29) is 0 Å². The third kappa shape index (κ3) is 1.55. The minimum atomic E-state index is 0.718. The van der Waals surface area contributed by atoms with Crippen molar-refractivity contribution in [2.75, 3.05) is 0 Å². The summed E-state index contributed by atoms with van der Waals surface area (Å²) >= 11 is 3.52. The summed E-state index contributed by atoms with van der Waals surface area (Å²) in [6.07, 6.45) is 10.1. The third-order valence-electron chi connectivity index (χ3n) is 2.22. The third-order valence-corrected chi connectivity index (χ3v) is 2.91. The molecule has 3 N–H and O–H groups in total. The number of fused-ring (bicyclic) bond motifs is 1. The van der Waals surface area contributed by atoms with Crippen molar-refractivity contribution in [1.82, 2.24) is 5.32 Å². The fraction of sp³-hybridized carbons (Fsp3) is 0.0909. The summed E-state index contributed by atoms with van der Waals surface area (Å²) in [5.74, 6) is 0.718. The summed E-state index contributed by atoms with van der Waals surface area (Å²) in [6, 6.07) is 0. The van der Waals surface area contributed by atoms with Gasteiger partial charge in [-0.3, -0.25) is 0 Å². The highest BCUT2D eigenvalue weighted by molar-refractivity contribution is 9.12. The first-order chi connectivity index (χ1) is 6.68. The van der Waals surface area contributed by atoms with Gasteiger partial charge in [0.15, 0.2) is 0 Å². The average molecular weight is 251 g/mol. The quantitative estimate of drug-likeness (QED) is 0.694. The maximum Gasteiger partial charge on any atom is 0.103 e. The van der Waals surface area contributed by atoms with Crippen molar-refractivity contribution in [3.63, 3.8) is 0 Å². The Morgan fingerprint density at radius 1 is 1.29 bits per heavy atom. The Labute approximate surface area is 91.7 Å². The molecular formula is C11H11BrN2. The van der Waals surface area contributed by atoms with Crippen LogP contribution in [0.1, 0.15) is 6.92 Å². The summed E-state index contributed by atoms with van der Waals surface area (Å²) in [5, 5.41) is 3.17. The highest BCUT2D eigenvalue weighted by Crippen LogP contribution is 2.29. The molecule has 2 nitrogen and oxygen atoms in total. The number of hydrogen-bond donors (Lipinski definition) is 2. The molecule has 0 amide bonds. The Balaban J connectivity index is 2.53. The van der Waals surface area contributed by atoms with E-state index in [1.54, 1.807) is 0 Å². The number of nitrogens with one attached hydrogen (secondary N) is 1. The number of rotatable bonds is 0. The molecule has 1 aliphatic carbocycles. The molecule has 0 aromatic carbocycles. The minimum Gasteiger partial charge on any atom is -0.385 e. The first-order valence-electron chi connectivity index (χ1n) is 4.38. The summed E-state index contributed by atoms with van der Waals surface area (Å²) in [4.78, 5) is 0. The Kier molecular flexibility index (Phi) is 2.33. The molecule has 0 atom stereocenters. The molecule has 0 saturated heterocycles. The van der Waals surface area contributed by atoms with E-state index in [1.807, 2.05) is 31.2 Å². The van der Waals surface area contributed by atoms with Gasteiger partial charge in [0, 0.05) is 15.8 Å². The van der Waals surface area contributed by atoms with Crippen LogP contribution in [0.5, 0.6) is 0 Å². The second-order valence-corrected chi connectivity index (χ2v) is 4.11. The van der Waals surface area contributed by atoms with Gasteiger partial charge in [0.2, 0.25) is 0 Å². The molecule has 0 aromatic rings. The van der Waals surface area contributed by atoms with Gasteiger partial charge in [-0.15, -0.1) is 0 Å². The molecule has 2 rings (SSSR count). The maximum atomic E-state index is 5.81. The predicted molar refractivity (Wildman–Crippen MR) is 62.3 cm³/mol. The number of allylic oxidation sites excluding steroid dienone is 7. The van der Waals surface area contributed by atoms with Crippen LogP contribution < -0.4 is 11.1 Å². The van der Waals surface area contributed by atoms with Crippen molar-refractivity contribution in [3.05, 3.63) is 57.5 Å². The second kappa shape index (κ2) is 3.50. The fourth-order valence-electron chi connectivity index (χ4n) is 1.39. The van der Waals surface area contributed by atoms with Crippen molar-refractivity contribution in [2.45, 2.75) is 6.92 Å². The average Bonchev–Trinajstić information content (AvgIpc) is 2.31. The van der Waals surface area contributed by atoms with E-state index < -0.39 is 0 Å². The van der Waals surface area contributed by atoms with Crippen LogP contribution in [0.4, 0.5) is 0 Å². The molecular weight excluding hydrogens is 240 g/mol. The zero-order valence-corrected chi connectivity index (χ0v) is 9.43. The van der Waals surface area contributed by atoms with Crippen LogP contribution in [0.15, 0.2) is 57.5 Å². The van der Waals surface area contributed by atoms with Gasteiger partial charge in [-0.2, -0.15) is 0 Å². The Morgan fingerprint density at radius 3 is 2.79 bits per heavy atom. The lowest BCUT2D eigenvalue weighted by molar-refractivity contribution is 0.924. The molecule has 0 spiro atoms. The van der Waals surface area contributed by atoms with E-state index in [0.717, 1.165) is 27.1 Å². The van der Waals surface area contributed by atoms with Crippen molar-refractivity contribution in [3.8, 4) is 0 Å². The van der Waals surface area contributed by atoms with E-state index in [2.05, 4.69) is 27.3 Å². The van der Waals surface area contributed by atoms with Crippen LogP contribution in [0.2, 0.25) is 0 Å². The molecule has 1 aliphatic heterocycles. The van der Waals surface area contributed by atoms with Crippen LogP contribution in [0.25, 0.3) is 0 Å². The van der Waals surface area contributed by atoms with Gasteiger partial charge in [-0.1, -0.05) is 28.1 Å². The molecule has 72 valence electrons. The van der Waals surface area contributed by atoms with Gasteiger partial charge in [0.25, 0.3) is 0 Å². The smallest absolute Gasteiger partial charge is 0.103 e. The van der Waals surface area contributed by atoms with Gasteiger partial charge < -0.3 is 11.1 Å². The molecule has 0 bridgehead atoms. The van der Waals surface area contributed by atoms with Crippen molar-refractivity contribution < 1.29 is 0 Å². The van der Waals surface area contributed by atoms with Crippen molar-refractivity contribution >= 4 is 15.9 Å². The van der Waals surface area contributed by atoms with Crippen molar-refractivity contribution in [1.29, 1.82) is 0 Å². The van der Waals surface area contributed by atoms with Crippen LogP contribution in [-0.2, 0) is 0 Å². The molecule has 0 saturated carbocycles. The lowest BCUT2D eigenvalue weighted by atomic mass is 10.1. The van der Waals surface area contributed by atoms with Gasteiger partial charge in [-0.25, -0.2) is 0 Å². The standard InChI is InChI=1S/C11H11BrN2/c1-7-6-8-9(12)4-2-3-5-10(8)14-11(7)13/h2-6,14H,13H2,1H3. The molecule has 3 heteroatoms. The Bertz CT molecular complexity index is 423. The fourth-order valence-corrected chi connectivity index (χ4v) is 1.87. The summed E-state index contributed by atoms with van der Waals surface area (Å²) < 4.78 is 1.07. The summed E-state index contributed by atoms with van der Waals surface area (Å²) in [7, 11) is 0. The van der Waals surface area contributed by atoms with E-state index >= 15 is 0 Å². The molecule has 0 radical (unpaired) electrons. The first-order valence-corrected chi connectivity index (χ1v) is 5.18. The zero-order chi connectivity index (χ0) is 10.1. The van der Waals surface area contributed by atoms with Gasteiger partial charge in [-0.05, 0) is 30.7 Å². The molecule has 0 aromatic heterocycles. The first kappa shape index (κ1) is 9.34. The van der Waals surface area contributed by atoms with E-state index in [4.69, 9.17) is 5.73 Å². The molecule has 0 unspecified atom stereocenters. The number of hydrogen-bond acceptors (Lipinski definition) is 2. The largest absolute Gasteiger partial charge is 0.385 e. The van der Waals surface area contributed by atoms with E-state index in [9.17, 15) is 0 Å². The highest BCUT2D eigenvalue weighted by atomic mass is 79.9. The molecule has 2 aliphatic rings. The summed E-state index contributed by atoms with van der Waals surface area (Å²) in [5.41, 5.74) is 9.04. The van der Waals surface area contributed by atoms with Crippen LogP contribution in [0.3, 0.4) is 0 Å². The molecule has 0 fully saturated rings. The van der Waals surface area contributed by atoms with Gasteiger partial charge >= 0.3 is 0 Å². The number of halogens is 1. The Hall–Kier alpha value is -1.22. The van der Waals surface area contributed by atoms with Gasteiger partial charge in [0.1, 0.15) is 5.82 Å². The topological polar surface area (TPSA) is 38.0 Å². The van der Waals surface area contributed by atoms with Crippen LogP contribution in [-0.4, -0.2) is 0 Å². The minimum absolute atomic E-state index is 0.718. The van der Waals surface area contributed by atoms with E-state index in [1.165, 1.54) is 0 Å². The molecule has 1 heterocycles. The predicted octanol–water partition coefficient (Wildman–Crippen LogP) is 2.44. The lowest BCUT2D eigenvalue weighted by Crippen LogP contribution is -2.25. The number of nitrogens with two attached hydrogens (primary N) is 1. The van der Waals surface area contributed by atoms with Crippen LogP contribution >= 0.6 is 15.9 Å². The molecule has 14 heavy (non-hydrogen) atoms. The maximum absolute atomic E-state index is 5.81. The number of dihydropyridines is 1. The highest BCUT2D eigenvalue weighted by Gasteiger charge is 2.15. The van der Waals surface area contributed by atoms with Gasteiger partial charge in [0.05, 0.1) is 0 Å². The SMILES string of the molecule is CC1=C(N)NC2=CC=CC=C(Br)C2=C1. The summed E-state index contributed by atoms with van der Waals surface area (Å²) in [6.45, 7) is 1.99. The Morgan fingerprint density at radius 2 is 2.00 bits per heavy atom.